The highest BCUT2D eigenvalue weighted by atomic mass is 16.1. The summed E-state index contributed by atoms with van der Waals surface area (Å²) in [6, 6.07) is 0. The lowest BCUT2D eigenvalue weighted by atomic mass is 9.99. The van der Waals surface area contributed by atoms with Crippen LogP contribution in [0.4, 0.5) is 0 Å². The fourth-order valence-electron chi connectivity index (χ4n) is 2.00. The normalized spacial score (nSPS) is 18.9. The Balaban J connectivity index is 2.20. The van der Waals surface area contributed by atoms with Crippen molar-refractivity contribution in [1.82, 2.24) is 5.32 Å². The van der Waals surface area contributed by atoms with E-state index in [1.54, 1.807) is 0 Å². The molecule has 0 radical (unpaired) electrons. The predicted octanol–water partition coefficient (Wildman–Crippen LogP) is 1.42. The largest absolute Gasteiger partial charge is 0.356 e. The molecule has 1 saturated carbocycles. The maximum atomic E-state index is 11.7. The molecule has 0 aromatic rings. The molecule has 0 atom stereocenters. The Labute approximate surface area is 86.4 Å². The zero-order chi connectivity index (χ0) is 10.2. The molecule has 3 nitrogen and oxygen atoms in total. The van der Waals surface area contributed by atoms with Crippen LogP contribution in [0, 0.1) is 5.92 Å². The number of hydrogen-bond donors (Lipinski definition) is 2. The summed E-state index contributed by atoms with van der Waals surface area (Å²) in [4.78, 5) is 11.7. The van der Waals surface area contributed by atoms with Crippen LogP contribution in [0.15, 0.2) is 0 Å². The molecule has 0 unspecified atom stereocenters. The summed E-state index contributed by atoms with van der Waals surface area (Å²) in [6.07, 6.45) is 8.07. The minimum atomic E-state index is 0.250. The standard InChI is InChI=1S/C11H22N2O/c12-8-5-9-13-11(14)10-6-3-1-2-4-7-10/h10H,1-9,12H2,(H,13,14). The second-order valence-electron chi connectivity index (χ2n) is 4.12. The number of carbonyl (C=O) groups excluding carboxylic acids is 1. The van der Waals surface area contributed by atoms with Crippen LogP contribution in [0.3, 0.4) is 0 Å². The third-order valence-corrected chi connectivity index (χ3v) is 2.91. The van der Waals surface area contributed by atoms with Crippen LogP contribution in [0.25, 0.3) is 0 Å². The Morgan fingerprint density at radius 2 is 1.86 bits per heavy atom. The summed E-state index contributed by atoms with van der Waals surface area (Å²) in [5.41, 5.74) is 5.37. The van der Waals surface area contributed by atoms with Crippen LogP contribution in [-0.2, 0) is 4.79 Å². The minimum absolute atomic E-state index is 0.250. The van der Waals surface area contributed by atoms with Gasteiger partial charge in [-0.25, -0.2) is 0 Å². The van der Waals surface area contributed by atoms with Crippen LogP contribution in [0.5, 0.6) is 0 Å². The summed E-state index contributed by atoms with van der Waals surface area (Å²) in [6.45, 7) is 1.40. The highest BCUT2D eigenvalue weighted by Gasteiger charge is 2.18. The molecule has 0 aromatic heterocycles. The molecule has 1 amide bonds. The Bertz CT molecular complexity index is 163. The lowest BCUT2D eigenvalue weighted by Gasteiger charge is -2.13. The average Bonchev–Trinajstić information content (AvgIpc) is 2.46. The van der Waals surface area contributed by atoms with Crippen molar-refractivity contribution >= 4 is 5.91 Å². The van der Waals surface area contributed by atoms with Gasteiger partial charge < -0.3 is 11.1 Å². The number of rotatable bonds is 4. The van der Waals surface area contributed by atoms with Crippen molar-refractivity contribution in [2.45, 2.75) is 44.9 Å². The highest BCUT2D eigenvalue weighted by molar-refractivity contribution is 5.78. The van der Waals surface area contributed by atoms with Gasteiger partial charge in [0.25, 0.3) is 0 Å². The van der Waals surface area contributed by atoms with Crippen LogP contribution in [-0.4, -0.2) is 19.0 Å². The summed E-state index contributed by atoms with van der Waals surface area (Å²) < 4.78 is 0. The summed E-state index contributed by atoms with van der Waals surface area (Å²) in [5.74, 6) is 0.524. The molecule has 0 aliphatic heterocycles. The van der Waals surface area contributed by atoms with Crippen molar-refractivity contribution in [3.63, 3.8) is 0 Å². The van der Waals surface area contributed by atoms with Gasteiger partial charge in [0.05, 0.1) is 0 Å². The molecular weight excluding hydrogens is 176 g/mol. The lowest BCUT2D eigenvalue weighted by molar-refractivity contribution is -0.125. The molecular formula is C11H22N2O. The first kappa shape index (κ1) is 11.5. The first-order chi connectivity index (χ1) is 6.84. The Hall–Kier alpha value is -0.570. The maximum Gasteiger partial charge on any atom is 0.223 e. The molecule has 3 heteroatoms. The van der Waals surface area contributed by atoms with E-state index < -0.39 is 0 Å². The Morgan fingerprint density at radius 1 is 1.21 bits per heavy atom. The van der Waals surface area contributed by atoms with E-state index in [1.165, 1.54) is 25.7 Å². The van der Waals surface area contributed by atoms with E-state index in [0.29, 0.717) is 6.54 Å². The van der Waals surface area contributed by atoms with E-state index in [0.717, 1.165) is 25.8 Å². The predicted molar refractivity (Wildman–Crippen MR) is 57.9 cm³/mol. The molecule has 3 N–H and O–H groups in total. The van der Waals surface area contributed by atoms with Gasteiger partial charge in [-0.05, 0) is 25.8 Å². The van der Waals surface area contributed by atoms with Crippen molar-refractivity contribution < 1.29 is 4.79 Å². The van der Waals surface area contributed by atoms with Gasteiger partial charge in [0.15, 0.2) is 0 Å². The summed E-state index contributed by atoms with van der Waals surface area (Å²) >= 11 is 0. The molecule has 82 valence electrons. The van der Waals surface area contributed by atoms with E-state index in [2.05, 4.69) is 5.32 Å². The summed E-state index contributed by atoms with van der Waals surface area (Å²) in [5, 5.41) is 2.96. The minimum Gasteiger partial charge on any atom is -0.356 e. The van der Waals surface area contributed by atoms with Crippen molar-refractivity contribution in [3.05, 3.63) is 0 Å². The zero-order valence-electron chi connectivity index (χ0n) is 8.93. The molecule has 1 aliphatic carbocycles. The van der Waals surface area contributed by atoms with Crippen molar-refractivity contribution in [2.75, 3.05) is 13.1 Å². The highest BCUT2D eigenvalue weighted by Crippen LogP contribution is 2.22. The van der Waals surface area contributed by atoms with Gasteiger partial charge in [-0.1, -0.05) is 25.7 Å². The third-order valence-electron chi connectivity index (χ3n) is 2.91. The van der Waals surface area contributed by atoms with Crippen LogP contribution in [0.2, 0.25) is 0 Å². The molecule has 1 rings (SSSR count). The van der Waals surface area contributed by atoms with Gasteiger partial charge in [0.2, 0.25) is 5.91 Å². The average molecular weight is 198 g/mol. The molecule has 14 heavy (non-hydrogen) atoms. The third kappa shape index (κ3) is 4.09. The van der Waals surface area contributed by atoms with Gasteiger partial charge in [-0.3, -0.25) is 4.79 Å². The molecule has 0 saturated heterocycles. The first-order valence-electron chi connectivity index (χ1n) is 5.82. The van der Waals surface area contributed by atoms with E-state index in [-0.39, 0.29) is 11.8 Å². The fourth-order valence-corrected chi connectivity index (χ4v) is 2.00. The van der Waals surface area contributed by atoms with Gasteiger partial charge in [-0.15, -0.1) is 0 Å². The molecule has 1 fully saturated rings. The smallest absolute Gasteiger partial charge is 0.223 e. The number of nitrogens with one attached hydrogen (secondary N) is 1. The molecule has 0 heterocycles. The quantitative estimate of drug-likeness (QED) is 0.530. The van der Waals surface area contributed by atoms with E-state index in [9.17, 15) is 4.79 Å². The second kappa shape index (κ2) is 6.82. The number of nitrogens with two attached hydrogens (primary N) is 1. The van der Waals surface area contributed by atoms with E-state index in [1.807, 2.05) is 0 Å². The fraction of sp³-hybridized carbons (Fsp3) is 0.909. The number of amides is 1. The first-order valence-corrected chi connectivity index (χ1v) is 5.82. The topological polar surface area (TPSA) is 55.1 Å². The van der Waals surface area contributed by atoms with E-state index >= 15 is 0 Å². The maximum absolute atomic E-state index is 11.7. The second-order valence-corrected chi connectivity index (χ2v) is 4.12. The van der Waals surface area contributed by atoms with E-state index in [4.69, 9.17) is 5.73 Å². The molecule has 0 bridgehead atoms. The van der Waals surface area contributed by atoms with Crippen molar-refractivity contribution in [2.24, 2.45) is 11.7 Å². The van der Waals surface area contributed by atoms with Crippen molar-refractivity contribution in [1.29, 1.82) is 0 Å². The Kier molecular flexibility index (Phi) is 5.60. The SMILES string of the molecule is NCCCNC(=O)C1CCCCCC1. The Morgan fingerprint density at radius 3 is 2.43 bits per heavy atom. The summed E-state index contributed by atoms with van der Waals surface area (Å²) in [7, 11) is 0. The van der Waals surface area contributed by atoms with Crippen LogP contribution in [0.1, 0.15) is 44.9 Å². The van der Waals surface area contributed by atoms with Gasteiger partial charge in [0, 0.05) is 12.5 Å². The van der Waals surface area contributed by atoms with Gasteiger partial charge in [-0.2, -0.15) is 0 Å². The molecule has 0 aromatic carbocycles. The number of hydrogen-bond acceptors (Lipinski definition) is 2. The van der Waals surface area contributed by atoms with Gasteiger partial charge in [0.1, 0.15) is 0 Å². The number of carbonyl (C=O) groups is 1. The van der Waals surface area contributed by atoms with Crippen LogP contribution >= 0.6 is 0 Å². The van der Waals surface area contributed by atoms with Gasteiger partial charge >= 0.3 is 0 Å². The molecule has 0 spiro atoms. The molecule has 1 aliphatic rings. The zero-order valence-corrected chi connectivity index (χ0v) is 8.93. The van der Waals surface area contributed by atoms with Crippen LogP contribution < -0.4 is 11.1 Å². The monoisotopic (exact) mass is 198 g/mol. The van der Waals surface area contributed by atoms with Crippen molar-refractivity contribution in [3.8, 4) is 0 Å². The lowest BCUT2D eigenvalue weighted by Crippen LogP contribution is -2.32.